The minimum absolute atomic E-state index is 0.0644. The molecule has 0 saturated heterocycles. The first-order chi connectivity index (χ1) is 4.45. The molecular weight excluding hydrogens is 156 g/mol. The average molecular weight is 166 g/mol. The minimum Gasteiger partial charge on any atom is -0.409 e. The smallest absolute Gasteiger partial charge is 0.147 e. The van der Waals surface area contributed by atoms with Gasteiger partial charge in [0.25, 0.3) is 0 Å². The summed E-state index contributed by atoms with van der Waals surface area (Å²) in [5.74, 6) is -0.145. The van der Waals surface area contributed by atoms with Crippen LogP contribution < -0.4 is 5.73 Å². The van der Waals surface area contributed by atoms with Crippen molar-refractivity contribution in [2.75, 3.05) is 12.0 Å². The van der Waals surface area contributed by atoms with Crippen molar-refractivity contribution in [2.24, 2.45) is 10.9 Å². The third-order valence-corrected chi connectivity index (χ3v) is 1.80. The third-order valence-electron chi connectivity index (χ3n) is 0.857. The van der Waals surface area contributed by atoms with E-state index in [1.807, 2.05) is 0 Å². The van der Waals surface area contributed by atoms with Gasteiger partial charge in [-0.1, -0.05) is 5.16 Å². The highest BCUT2D eigenvalue weighted by Crippen LogP contribution is 1.87. The minimum atomic E-state index is -3.00. The molecule has 0 amide bonds. The topological polar surface area (TPSA) is 92.8 Å². The molecule has 5 nitrogen and oxygen atoms in total. The van der Waals surface area contributed by atoms with Crippen molar-refractivity contribution < 1.29 is 13.6 Å². The standard InChI is InChI=1S/C4H10N2O3S/c1-10(8,9)3-2-4(5)6-7/h7H,2-3H2,1H3,(H2,5,6). The van der Waals surface area contributed by atoms with E-state index in [-0.39, 0.29) is 18.0 Å². The summed E-state index contributed by atoms with van der Waals surface area (Å²) in [6.45, 7) is 0. The molecule has 0 aromatic carbocycles. The Morgan fingerprint density at radius 3 is 2.50 bits per heavy atom. The van der Waals surface area contributed by atoms with E-state index in [1.165, 1.54) is 0 Å². The molecule has 0 unspecified atom stereocenters. The van der Waals surface area contributed by atoms with Crippen LogP contribution in [0.3, 0.4) is 0 Å². The lowest BCUT2D eigenvalue weighted by Gasteiger charge is -1.94. The van der Waals surface area contributed by atoms with Crippen LogP contribution in [-0.2, 0) is 9.84 Å². The van der Waals surface area contributed by atoms with E-state index in [0.29, 0.717) is 0 Å². The molecular formula is C4H10N2O3S. The van der Waals surface area contributed by atoms with Gasteiger partial charge >= 0.3 is 0 Å². The zero-order chi connectivity index (χ0) is 8.20. The molecule has 0 saturated carbocycles. The predicted octanol–water partition coefficient (Wildman–Crippen LogP) is -0.832. The Morgan fingerprint density at radius 2 is 2.20 bits per heavy atom. The van der Waals surface area contributed by atoms with Crippen LogP contribution in [0.1, 0.15) is 6.42 Å². The normalized spacial score (nSPS) is 13.5. The Morgan fingerprint density at radius 1 is 1.70 bits per heavy atom. The molecule has 0 radical (unpaired) electrons. The first kappa shape index (κ1) is 9.22. The van der Waals surface area contributed by atoms with Gasteiger partial charge in [-0.15, -0.1) is 0 Å². The van der Waals surface area contributed by atoms with Crippen molar-refractivity contribution in [2.45, 2.75) is 6.42 Å². The van der Waals surface area contributed by atoms with Gasteiger partial charge in [-0.3, -0.25) is 0 Å². The lowest BCUT2D eigenvalue weighted by Crippen LogP contribution is -2.16. The molecule has 6 heteroatoms. The number of rotatable bonds is 3. The Kier molecular flexibility index (Phi) is 3.14. The number of sulfone groups is 1. The highest BCUT2D eigenvalue weighted by molar-refractivity contribution is 7.90. The van der Waals surface area contributed by atoms with Gasteiger partial charge in [-0.2, -0.15) is 0 Å². The summed E-state index contributed by atoms with van der Waals surface area (Å²) in [5.41, 5.74) is 5.02. The molecule has 0 spiro atoms. The average Bonchev–Trinajstić information content (AvgIpc) is 1.81. The number of amidine groups is 1. The summed E-state index contributed by atoms with van der Waals surface area (Å²) in [6, 6.07) is 0. The molecule has 0 heterocycles. The Balaban J connectivity index is 3.79. The fourth-order valence-electron chi connectivity index (χ4n) is 0.340. The van der Waals surface area contributed by atoms with Crippen molar-refractivity contribution in [3.05, 3.63) is 0 Å². The van der Waals surface area contributed by atoms with Gasteiger partial charge in [0.1, 0.15) is 15.7 Å². The molecule has 0 atom stereocenters. The first-order valence-electron chi connectivity index (χ1n) is 2.60. The van der Waals surface area contributed by atoms with Crippen molar-refractivity contribution >= 4 is 15.7 Å². The highest BCUT2D eigenvalue weighted by Gasteiger charge is 2.02. The van der Waals surface area contributed by atoms with E-state index in [1.54, 1.807) is 0 Å². The van der Waals surface area contributed by atoms with Crippen LogP contribution in [0.4, 0.5) is 0 Å². The second-order valence-electron chi connectivity index (χ2n) is 1.97. The van der Waals surface area contributed by atoms with Gasteiger partial charge in [0.2, 0.25) is 0 Å². The van der Waals surface area contributed by atoms with E-state index >= 15 is 0 Å². The van der Waals surface area contributed by atoms with Crippen molar-refractivity contribution in [1.29, 1.82) is 0 Å². The zero-order valence-electron chi connectivity index (χ0n) is 5.61. The van der Waals surface area contributed by atoms with E-state index in [2.05, 4.69) is 5.16 Å². The summed E-state index contributed by atoms with van der Waals surface area (Å²) >= 11 is 0. The lowest BCUT2D eigenvalue weighted by molar-refractivity contribution is 0.317. The maximum atomic E-state index is 10.5. The van der Waals surface area contributed by atoms with Gasteiger partial charge in [0.05, 0.1) is 5.75 Å². The lowest BCUT2D eigenvalue weighted by atomic mass is 10.5. The van der Waals surface area contributed by atoms with Crippen LogP contribution in [0.15, 0.2) is 5.16 Å². The third kappa shape index (κ3) is 5.36. The second kappa shape index (κ2) is 3.40. The number of hydrogen-bond donors (Lipinski definition) is 2. The fourth-order valence-corrected chi connectivity index (χ4v) is 0.920. The molecule has 0 aromatic rings. The Bertz CT molecular complexity index is 219. The molecule has 0 aromatic heterocycles. The second-order valence-corrected chi connectivity index (χ2v) is 4.23. The van der Waals surface area contributed by atoms with E-state index in [4.69, 9.17) is 10.9 Å². The Labute approximate surface area is 59.4 Å². The summed E-state index contributed by atoms with van der Waals surface area (Å²) < 4.78 is 20.9. The maximum Gasteiger partial charge on any atom is 0.147 e. The van der Waals surface area contributed by atoms with Gasteiger partial charge in [-0.05, 0) is 0 Å². The molecule has 0 bridgehead atoms. The Hall–Kier alpha value is -0.780. The monoisotopic (exact) mass is 166 g/mol. The fraction of sp³-hybridized carbons (Fsp3) is 0.750. The molecule has 10 heavy (non-hydrogen) atoms. The first-order valence-corrected chi connectivity index (χ1v) is 4.66. The van der Waals surface area contributed by atoms with Crippen LogP contribution in [0.5, 0.6) is 0 Å². The molecule has 0 aliphatic carbocycles. The SMILES string of the molecule is CS(=O)(=O)CC/C(N)=N/O. The van der Waals surface area contributed by atoms with Gasteiger partial charge in [0.15, 0.2) is 0 Å². The molecule has 3 N–H and O–H groups in total. The highest BCUT2D eigenvalue weighted by atomic mass is 32.2. The predicted molar refractivity (Wildman–Crippen MR) is 37.7 cm³/mol. The molecule has 0 fully saturated rings. The zero-order valence-corrected chi connectivity index (χ0v) is 6.43. The summed E-state index contributed by atoms with van der Waals surface area (Å²) in [6.07, 6.45) is 1.17. The van der Waals surface area contributed by atoms with E-state index in [0.717, 1.165) is 6.26 Å². The van der Waals surface area contributed by atoms with Crippen LogP contribution in [0.2, 0.25) is 0 Å². The summed E-state index contributed by atoms with van der Waals surface area (Å²) in [7, 11) is -3.00. The maximum absolute atomic E-state index is 10.5. The van der Waals surface area contributed by atoms with E-state index < -0.39 is 9.84 Å². The number of nitrogens with two attached hydrogens (primary N) is 1. The van der Waals surface area contributed by atoms with Crippen LogP contribution in [0.25, 0.3) is 0 Å². The van der Waals surface area contributed by atoms with Gasteiger partial charge in [-0.25, -0.2) is 8.42 Å². The molecule has 0 aliphatic heterocycles. The van der Waals surface area contributed by atoms with Gasteiger partial charge in [0, 0.05) is 12.7 Å². The quantitative estimate of drug-likeness (QED) is 0.247. The van der Waals surface area contributed by atoms with E-state index in [9.17, 15) is 8.42 Å². The largest absolute Gasteiger partial charge is 0.409 e. The van der Waals surface area contributed by atoms with Gasteiger partial charge < -0.3 is 10.9 Å². The number of hydrogen-bond acceptors (Lipinski definition) is 4. The molecule has 0 aliphatic rings. The van der Waals surface area contributed by atoms with Crippen molar-refractivity contribution in [1.82, 2.24) is 0 Å². The molecule has 60 valence electrons. The number of nitrogens with zero attached hydrogens (tertiary/aromatic N) is 1. The number of oxime groups is 1. The van der Waals surface area contributed by atoms with Crippen molar-refractivity contribution in [3.63, 3.8) is 0 Å². The van der Waals surface area contributed by atoms with Crippen LogP contribution in [-0.4, -0.2) is 31.5 Å². The van der Waals surface area contributed by atoms with Crippen molar-refractivity contribution in [3.8, 4) is 0 Å². The summed E-state index contributed by atoms with van der Waals surface area (Å²) in [4.78, 5) is 0. The van der Waals surface area contributed by atoms with Crippen LogP contribution >= 0.6 is 0 Å². The summed E-state index contributed by atoms with van der Waals surface area (Å²) in [5, 5.41) is 10.6. The molecule has 0 rings (SSSR count). The van der Waals surface area contributed by atoms with Crippen LogP contribution in [0, 0.1) is 0 Å².